The topological polar surface area (TPSA) is 65.2 Å². The van der Waals surface area contributed by atoms with Crippen LogP contribution in [0.25, 0.3) is 0 Å². The Hall–Kier alpha value is -2.54. The molecule has 1 aromatic heterocycles. The fourth-order valence-corrected chi connectivity index (χ4v) is 2.82. The summed E-state index contributed by atoms with van der Waals surface area (Å²) in [6.45, 7) is 2.73. The van der Waals surface area contributed by atoms with Crippen molar-refractivity contribution in [1.82, 2.24) is 9.88 Å². The van der Waals surface area contributed by atoms with Crippen molar-refractivity contribution in [3.05, 3.63) is 63.6 Å². The van der Waals surface area contributed by atoms with E-state index < -0.39 is 17.7 Å². The molecule has 1 aliphatic heterocycles. The molecule has 1 amide bonds. The van der Waals surface area contributed by atoms with Gasteiger partial charge in [-0.1, -0.05) is 0 Å². The van der Waals surface area contributed by atoms with E-state index in [0.717, 1.165) is 17.7 Å². The largest absolute Gasteiger partial charge is 0.329 e. The van der Waals surface area contributed by atoms with E-state index in [1.807, 2.05) is 11.0 Å². The van der Waals surface area contributed by atoms with Crippen molar-refractivity contribution in [1.29, 1.82) is 0 Å². The third-order valence-corrected chi connectivity index (χ3v) is 4.30. The van der Waals surface area contributed by atoms with Crippen molar-refractivity contribution in [3.8, 4) is 0 Å². The molecule has 3 rings (SSSR count). The maximum atomic E-state index is 13.2. The zero-order valence-corrected chi connectivity index (χ0v) is 13.1. The molecule has 0 aliphatic carbocycles. The number of amides is 1. The van der Waals surface area contributed by atoms with Crippen LogP contribution < -0.4 is 10.9 Å². The zero-order valence-electron chi connectivity index (χ0n) is 13.1. The minimum Gasteiger partial charge on any atom is -0.329 e. The Morgan fingerprint density at radius 1 is 1.29 bits per heavy atom. The highest BCUT2D eigenvalue weighted by atomic mass is 19.2. The van der Waals surface area contributed by atoms with Gasteiger partial charge in [-0.15, -0.1) is 0 Å². The summed E-state index contributed by atoms with van der Waals surface area (Å²) >= 11 is 0. The molecule has 0 fully saturated rings. The summed E-state index contributed by atoms with van der Waals surface area (Å²) in [5, 5.41) is 2.57. The smallest absolute Gasteiger partial charge is 0.252 e. The number of aromatic amines is 1. The second-order valence-electron chi connectivity index (χ2n) is 5.83. The van der Waals surface area contributed by atoms with E-state index in [4.69, 9.17) is 0 Å². The van der Waals surface area contributed by atoms with Crippen molar-refractivity contribution in [2.75, 3.05) is 11.9 Å². The Balaban J connectivity index is 1.71. The maximum Gasteiger partial charge on any atom is 0.252 e. The first-order chi connectivity index (χ1) is 11.5. The number of pyridine rings is 1. The third-order valence-electron chi connectivity index (χ3n) is 4.30. The first-order valence-electron chi connectivity index (χ1n) is 7.65. The molecule has 24 heavy (non-hydrogen) atoms. The molecule has 7 heteroatoms. The van der Waals surface area contributed by atoms with Gasteiger partial charge in [0.2, 0.25) is 5.91 Å². The standard InChI is InChI=1S/C17H17F2N3O2/c1-10(16(23)21-12-2-3-14(18)15(19)8-12)22-7-5-11-4-6-20-17(24)13(11)9-22/h2-4,6,8,10H,5,7,9H2,1H3,(H,20,24)(H,21,23). The summed E-state index contributed by atoms with van der Waals surface area (Å²) in [7, 11) is 0. The number of fused-ring (bicyclic) bond motifs is 1. The molecule has 2 aromatic rings. The van der Waals surface area contributed by atoms with Crippen molar-refractivity contribution < 1.29 is 13.6 Å². The van der Waals surface area contributed by atoms with Gasteiger partial charge in [0, 0.05) is 36.6 Å². The predicted molar refractivity (Wildman–Crippen MR) is 85.6 cm³/mol. The lowest BCUT2D eigenvalue weighted by atomic mass is 10.0. The quantitative estimate of drug-likeness (QED) is 0.903. The number of hydrogen-bond donors (Lipinski definition) is 2. The van der Waals surface area contributed by atoms with Crippen LogP contribution in [0.15, 0.2) is 35.3 Å². The van der Waals surface area contributed by atoms with E-state index in [9.17, 15) is 18.4 Å². The summed E-state index contributed by atoms with van der Waals surface area (Å²) in [6.07, 6.45) is 2.30. The van der Waals surface area contributed by atoms with Gasteiger partial charge in [-0.3, -0.25) is 14.5 Å². The van der Waals surface area contributed by atoms with Crippen LogP contribution in [0, 0.1) is 11.6 Å². The van der Waals surface area contributed by atoms with Crippen molar-refractivity contribution in [2.24, 2.45) is 0 Å². The average Bonchev–Trinajstić information content (AvgIpc) is 2.57. The van der Waals surface area contributed by atoms with E-state index in [2.05, 4.69) is 10.3 Å². The van der Waals surface area contributed by atoms with Crippen LogP contribution in [0.1, 0.15) is 18.1 Å². The number of aromatic nitrogens is 1. The number of nitrogens with one attached hydrogen (secondary N) is 2. The fraction of sp³-hybridized carbons (Fsp3) is 0.294. The molecule has 1 aromatic carbocycles. The van der Waals surface area contributed by atoms with Crippen molar-refractivity contribution in [2.45, 2.75) is 25.9 Å². The van der Waals surface area contributed by atoms with Crippen molar-refractivity contribution in [3.63, 3.8) is 0 Å². The van der Waals surface area contributed by atoms with Gasteiger partial charge in [-0.25, -0.2) is 8.78 Å². The monoisotopic (exact) mass is 333 g/mol. The van der Waals surface area contributed by atoms with E-state index in [-0.39, 0.29) is 17.2 Å². The highest BCUT2D eigenvalue weighted by Crippen LogP contribution is 2.19. The molecule has 0 spiro atoms. The first-order valence-corrected chi connectivity index (χ1v) is 7.65. The Morgan fingerprint density at radius 3 is 2.83 bits per heavy atom. The molecule has 0 bridgehead atoms. The van der Waals surface area contributed by atoms with Crippen molar-refractivity contribution >= 4 is 11.6 Å². The number of carbonyl (C=O) groups excluding carboxylic acids is 1. The molecule has 126 valence electrons. The molecule has 0 saturated heterocycles. The first kappa shape index (κ1) is 16.3. The normalized spacial score (nSPS) is 15.6. The number of hydrogen-bond acceptors (Lipinski definition) is 3. The summed E-state index contributed by atoms with van der Waals surface area (Å²) in [5.41, 5.74) is 1.70. The number of halogens is 2. The van der Waals surface area contributed by atoms with E-state index in [1.54, 1.807) is 13.1 Å². The maximum absolute atomic E-state index is 13.2. The van der Waals surface area contributed by atoms with Gasteiger partial charge < -0.3 is 10.3 Å². The number of anilines is 1. The third kappa shape index (κ3) is 3.21. The lowest BCUT2D eigenvalue weighted by Crippen LogP contribution is -2.45. The number of benzene rings is 1. The SMILES string of the molecule is CC(C(=O)Nc1ccc(F)c(F)c1)N1CCc2cc[nH]c(=O)c2C1. The molecule has 1 atom stereocenters. The van der Waals surface area contributed by atoms with E-state index in [0.29, 0.717) is 25.1 Å². The van der Waals surface area contributed by atoms with E-state index in [1.165, 1.54) is 6.07 Å². The molecule has 1 unspecified atom stereocenters. The summed E-state index contributed by atoms with van der Waals surface area (Å²) in [4.78, 5) is 28.8. The zero-order chi connectivity index (χ0) is 17.3. The van der Waals surface area contributed by atoms with Gasteiger partial charge in [-0.05, 0) is 37.1 Å². The molecule has 1 aliphatic rings. The van der Waals surface area contributed by atoms with Gasteiger partial charge in [0.25, 0.3) is 5.56 Å². The molecular formula is C17H17F2N3O2. The Morgan fingerprint density at radius 2 is 2.08 bits per heavy atom. The number of nitrogens with zero attached hydrogens (tertiary/aromatic N) is 1. The molecule has 0 radical (unpaired) electrons. The molecule has 5 nitrogen and oxygen atoms in total. The Labute approximate surface area is 137 Å². The van der Waals surface area contributed by atoms with Crippen LogP contribution in [0.2, 0.25) is 0 Å². The van der Waals surface area contributed by atoms with Crippen LogP contribution in [-0.2, 0) is 17.8 Å². The fourth-order valence-electron chi connectivity index (χ4n) is 2.82. The molecule has 2 N–H and O–H groups in total. The van der Waals surface area contributed by atoms with Gasteiger partial charge in [0.05, 0.1) is 6.04 Å². The highest BCUT2D eigenvalue weighted by molar-refractivity contribution is 5.94. The van der Waals surface area contributed by atoms with Crippen LogP contribution in [0.3, 0.4) is 0 Å². The molecule has 0 saturated carbocycles. The van der Waals surface area contributed by atoms with Gasteiger partial charge in [0.15, 0.2) is 11.6 Å². The highest BCUT2D eigenvalue weighted by Gasteiger charge is 2.26. The molecular weight excluding hydrogens is 316 g/mol. The summed E-state index contributed by atoms with van der Waals surface area (Å²) < 4.78 is 26.2. The number of rotatable bonds is 3. The van der Waals surface area contributed by atoms with Gasteiger partial charge in [0.1, 0.15) is 0 Å². The van der Waals surface area contributed by atoms with Gasteiger partial charge in [-0.2, -0.15) is 0 Å². The summed E-state index contributed by atoms with van der Waals surface area (Å²) in [5.74, 6) is -2.32. The predicted octanol–water partition coefficient (Wildman–Crippen LogP) is 2.04. The van der Waals surface area contributed by atoms with Crippen LogP contribution in [0.4, 0.5) is 14.5 Å². The number of H-pyrrole nitrogens is 1. The second kappa shape index (κ2) is 6.52. The lowest BCUT2D eigenvalue weighted by Gasteiger charge is -2.32. The minimum atomic E-state index is -1.01. The van der Waals surface area contributed by atoms with Crippen LogP contribution >= 0.6 is 0 Å². The lowest BCUT2D eigenvalue weighted by molar-refractivity contribution is -0.121. The number of carbonyl (C=O) groups is 1. The Kier molecular flexibility index (Phi) is 4.44. The average molecular weight is 333 g/mol. The molecule has 2 heterocycles. The van der Waals surface area contributed by atoms with E-state index >= 15 is 0 Å². The van der Waals surface area contributed by atoms with Crippen LogP contribution in [-0.4, -0.2) is 28.4 Å². The Bertz CT molecular complexity index is 835. The minimum absolute atomic E-state index is 0.148. The summed E-state index contributed by atoms with van der Waals surface area (Å²) in [6, 6.07) is 4.58. The van der Waals surface area contributed by atoms with Gasteiger partial charge >= 0.3 is 0 Å². The second-order valence-corrected chi connectivity index (χ2v) is 5.83. The van der Waals surface area contributed by atoms with Crippen LogP contribution in [0.5, 0.6) is 0 Å².